The third-order valence-electron chi connectivity index (χ3n) is 3.94. The third kappa shape index (κ3) is 3.00. The second-order valence-electron chi connectivity index (χ2n) is 5.73. The molecule has 0 spiro atoms. The lowest BCUT2D eigenvalue weighted by Crippen LogP contribution is -2.12. The summed E-state index contributed by atoms with van der Waals surface area (Å²) in [6, 6.07) is 12.5. The Morgan fingerprint density at radius 2 is 1.88 bits per heavy atom. The summed E-state index contributed by atoms with van der Waals surface area (Å²) in [5, 5.41) is 10.8. The van der Waals surface area contributed by atoms with Crippen molar-refractivity contribution in [1.82, 2.24) is 0 Å². The summed E-state index contributed by atoms with van der Waals surface area (Å²) in [7, 11) is 0. The summed E-state index contributed by atoms with van der Waals surface area (Å²) in [6.07, 6.45) is 1.21. The Labute approximate surface area is 158 Å². The molecule has 3 aromatic rings. The molecule has 0 saturated carbocycles. The van der Waals surface area contributed by atoms with Gasteiger partial charge in [-0.05, 0) is 17.7 Å². The van der Waals surface area contributed by atoms with Crippen LogP contribution in [-0.2, 0) is 15.9 Å². The van der Waals surface area contributed by atoms with Gasteiger partial charge in [0.15, 0.2) is 5.58 Å². The largest absolute Gasteiger partial charge is 0.501 e. The Balaban J connectivity index is 1.67. The van der Waals surface area contributed by atoms with Crippen molar-refractivity contribution in [2.75, 3.05) is 0 Å². The second kappa shape index (κ2) is 6.59. The molecule has 2 aromatic carbocycles. The van der Waals surface area contributed by atoms with Gasteiger partial charge < -0.3 is 19.0 Å². The zero-order chi connectivity index (χ0) is 18.3. The van der Waals surface area contributed by atoms with Crippen molar-refractivity contribution in [3.63, 3.8) is 0 Å². The monoisotopic (exact) mass is 390 g/mol. The Hall–Kier alpha value is -2.63. The summed E-state index contributed by atoms with van der Waals surface area (Å²) in [5.41, 5.74) is 0.487. The van der Waals surface area contributed by atoms with E-state index >= 15 is 0 Å². The highest BCUT2D eigenvalue weighted by Gasteiger charge is 2.27. The van der Waals surface area contributed by atoms with Crippen LogP contribution in [0.5, 0.6) is 5.75 Å². The maximum Gasteiger partial charge on any atom is 0.244 e. The maximum absolute atomic E-state index is 12.4. The number of aromatic hydroxyl groups is 1. The highest BCUT2D eigenvalue weighted by molar-refractivity contribution is 6.38. The van der Waals surface area contributed by atoms with Crippen LogP contribution in [0.25, 0.3) is 16.7 Å². The van der Waals surface area contributed by atoms with E-state index in [1.54, 1.807) is 0 Å². The van der Waals surface area contributed by atoms with Crippen molar-refractivity contribution < 1.29 is 19.0 Å². The van der Waals surface area contributed by atoms with Crippen LogP contribution in [0.1, 0.15) is 11.3 Å². The van der Waals surface area contributed by atoms with E-state index in [1.165, 1.54) is 18.4 Å². The van der Waals surface area contributed by atoms with Crippen LogP contribution in [0.4, 0.5) is 0 Å². The Kier molecular flexibility index (Phi) is 4.26. The number of rotatable bonds is 3. The normalized spacial score (nSPS) is 16.2. The Morgan fingerprint density at radius 1 is 1.12 bits per heavy atom. The lowest BCUT2D eigenvalue weighted by Gasteiger charge is -2.12. The number of halogens is 2. The van der Waals surface area contributed by atoms with Crippen molar-refractivity contribution in [3.8, 4) is 5.75 Å². The van der Waals surface area contributed by atoms with Gasteiger partial charge in [0.25, 0.3) is 0 Å². The van der Waals surface area contributed by atoms with E-state index in [4.69, 9.17) is 37.1 Å². The minimum atomic E-state index is -0.651. The van der Waals surface area contributed by atoms with Crippen LogP contribution >= 0.6 is 23.2 Å². The molecular formula is C19H12Cl2O5. The number of hydrogen-bond acceptors (Lipinski definition) is 5. The number of benzene rings is 2. The molecule has 0 aliphatic carbocycles. The molecule has 0 fully saturated rings. The molecule has 1 aliphatic heterocycles. The number of hydrogen-bond donors (Lipinski definition) is 1. The van der Waals surface area contributed by atoms with E-state index in [2.05, 4.69) is 0 Å². The average Bonchev–Trinajstić information content (AvgIpc) is 3.07. The molecule has 1 aromatic heterocycles. The van der Waals surface area contributed by atoms with Gasteiger partial charge in [-0.3, -0.25) is 4.79 Å². The van der Waals surface area contributed by atoms with Crippen LogP contribution in [0.3, 0.4) is 0 Å². The molecule has 0 amide bonds. The molecule has 2 heterocycles. The predicted molar refractivity (Wildman–Crippen MR) is 98.2 cm³/mol. The first kappa shape index (κ1) is 16.8. The predicted octanol–water partition coefficient (Wildman–Crippen LogP) is 4.72. The Bertz CT molecular complexity index is 1070. The van der Waals surface area contributed by atoms with Crippen molar-refractivity contribution >= 4 is 39.9 Å². The van der Waals surface area contributed by atoms with Gasteiger partial charge in [-0.2, -0.15) is 0 Å². The average molecular weight is 391 g/mol. The molecule has 0 radical (unpaired) electrons. The van der Waals surface area contributed by atoms with Crippen molar-refractivity contribution in [2.24, 2.45) is 0 Å². The smallest absolute Gasteiger partial charge is 0.244 e. The third-order valence-corrected chi connectivity index (χ3v) is 4.44. The first-order valence-electron chi connectivity index (χ1n) is 7.74. The van der Waals surface area contributed by atoms with E-state index in [9.17, 15) is 9.90 Å². The molecule has 1 aliphatic rings. The summed E-state index contributed by atoms with van der Waals surface area (Å²) in [4.78, 5) is 12.4. The van der Waals surface area contributed by atoms with Crippen molar-refractivity contribution in [3.05, 3.63) is 80.3 Å². The van der Waals surface area contributed by atoms with Gasteiger partial charge in [-0.1, -0.05) is 53.5 Å². The van der Waals surface area contributed by atoms with Crippen LogP contribution in [0, 0.1) is 0 Å². The van der Waals surface area contributed by atoms with Gasteiger partial charge in [0, 0.05) is 11.4 Å². The van der Waals surface area contributed by atoms with Crippen molar-refractivity contribution in [2.45, 2.75) is 12.7 Å². The lowest BCUT2D eigenvalue weighted by atomic mass is 10.1. The fraction of sp³-hybridized carbons (Fsp3) is 0.105. The van der Waals surface area contributed by atoms with E-state index in [0.29, 0.717) is 6.42 Å². The molecule has 132 valence electrons. The molecule has 5 nitrogen and oxygen atoms in total. The van der Waals surface area contributed by atoms with Gasteiger partial charge in [-0.25, -0.2) is 0 Å². The SMILES string of the molecule is O=c1c(O)c(C2=COC(Cc3ccccc3)O2)oc2c(Cl)cc(Cl)cc12. The second-order valence-corrected chi connectivity index (χ2v) is 6.57. The highest BCUT2D eigenvalue weighted by atomic mass is 35.5. The van der Waals surface area contributed by atoms with E-state index in [-0.39, 0.29) is 32.5 Å². The Morgan fingerprint density at radius 3 is 2.65 bits per heavy atom. The molecule has 7 heteroatoms. The van der Waals surface area contributed by atoms with Crippen LogP contribution in [0.15, 0.2) is 57.9 Å². The minimum absolute atomic E-state index is 0.0871. The molecule has 4 rings (SSSR count). The molecule has 1 N–H and O–H groups in total. The first-order chi connectivity index (χ1) is 12.5. The molecule has 1 atom stereocenters. The summed E-state index contributed by atoms with van der Waals surface area (Å²) in [5.74, 6) is -0.609. The maximum atomic E-state index is 12.4. The van der Waals surface area contributed by atoms with Crippen LogP contribution in [0.2, 0.25) is 10.0 Å². The molecule has 26 heavy (non-hydrogen) atoms. The fourth-order valence-electron chi connectivity index (χ4n) is 2.72. The van der Waals surface area contributed by atoms with Gasteiger partial charge in [-0.15, -0.1) is 0 Å². The fourth-order valence-corrected chi connectivity index (χ4v) is 3.25. The molecule has 0 bridgehead atoms. The van der Waals surface area contributed by atoms with Gasteiger partial charge in [0.2, 0.25) is 29.0 Å². The number of ether oxygens (including phenoxy) is 2. The molecular weight excluding hydrogens is 379 g/mol. The van der Waals surface area contributed by atoms with Crippen LogP contribution in [-0.4, -0.2) is 11.4 Å². The zero-order valence-corrected chi connectivity index (χ0v) is 14.8. The summed E-state index contributed by atoms with van der Waals surface area (Å²) < 4.78 is 16.8. The minimum Gasteiger partial charge on any atom is -0.501 e. The first-order valence-corrected chi connectivity index (χ1v) is 8.50. The molecule has 0 saturated heterocycles. The zero-order valence-electron chi connectivity index (χ0n) is 13.2. The van der Waals surface area contributed by atoms with Gasteiger partial charge in [0.1, 0.15) is 6.26 Å². The highest BCUT2D eigenvalue weighted by Crippen LogP contribution is 2.35. The molecule has 1 unspecified atom stereocenters. The standard InChI is InChI=1S/C19H12Cl2O5/c20-11-7-12-16(22)17(23)19(26-18(12)13(21)8-11)14-9-24-15(25-14)6-10-4-2-1-3-5-10/h1-5,7-9,15,23H,6H2. The summed E-state index contributed by atoms with van der Waals surface area (Å²) in [6.45, 7) is 0. The summed E-state index contributed by atoms with van der Waals surface area (Å²) >= 11 is 12.0. The lowest BCUT2D eigenvalue weighted by molar-refractivity contribution is -0.0145. The van der Waals surface area contributed by atoms with Gasteiger partial charge in [0.05, 0.1) is 10.4 Å². The number of fused-ring (bicyclic) bond motifs is 1. The topological polar surface area (TPSA) is 68.9 Å². The van der Waals surface area contributed by atoms with Gasteiger partial charge >= 0.3 is 0 Å². The van der Waals surface area contributed by atoms with E-state index in [1.807, 2.05) is 30.3 Å². The van der Waals surface area contributed by atoms with E-state index < -0.39 is 17.5 Å². The van der Waals surface area contributed by atoms with Crippen molar-refractivity contribution in [1.29, 1.82) is 0 Å². The van der Waals surface area contributed by atoms with E-state index in [0.717, 1.165) is 5.56 Å². The van der Waals surface area contributed by atoms with Crippen LogP contribution < -0.4 is 5.43 Å². The quantitative estimate of drug-likeness (QED) is 0.700.